The van der Waals surface area contributed by atoms with Crippen molar-refractivity contribution in [2.45, 2.75) is 52.2 Å². The summed E-state index contributed by atoms with van der Waals surface area (Å²) in [4.78, 5) is 62.7. The van der Waals surface area contributed by atoms with Crippen LogP contribution in [0, 0.1) is 0 Å². The van der Waals surface area contributed by atoms with Gasteiger partial charge in [0.25, 0.3) is 0 Å². The highest BCUT2D eigenvalue weighted by molar-refractivity contribution is 6.01. The number of carbonyl (C=O) groups is 5. The van der Waals surface area contributed by atoms with Crippen molar-refractivity contribution in [1.82, 2.24) is 10.2 Å². The molecule has 10 heteroatoms. The number of benzene rings is 2. The highest BCUT2D eigenvalue weighted by Crippen LogP contribution is 2.41. The molecule has 4 rings (SSSR count). The van der Waals surface area contributed by atoms with Crippen LogP contribution in [0.3, 0.4) is 0 Å². The lowest BCUT2D eigenvalue weighted by Gasteiger charge is -2.27. The summed E-state index contributed by atoms with van der Waals surface area (Å²) in [5.74, 6) is -0.796. The van der Waals surface area contributed by atoms with Crippen molar-refractivity contribution in [3.63, 3.8) is 0 Å². The first-order valence-corrected chi connectivity index (χ1v) is 13.0. The second-order valence-electron chi connectivity index (χ2n) is 9.65. The standard InChI is InChI=1S/C29H32N2O8/c1-4-17(2)31(27(34)13-30-29(36)37-3)14-28(35)39-16-25(33)19-8-9-21-20(10-19)15-38-26-12-22-18(11-23(21)26)6-5-7-24(22)32/h8-12,17H,4-7,13-16H2,1-3H3,(H,30,36)/t17-/m0/s1. The number of Topliss-reactive ketones (excluding diaryl/α,β-unsaturated/α-hetero) is 2. The fourth-order valence-corrected chi connectivity index (χ4v) is 4.75. The summed E-state index contributed by atoms with van der Waals surface area (Å²) < 4.78 is 15.6. The molecule has 1 atom stereocenters. The molecular formula is C29H32N2O8. The van der Waals surface area contributed by atoms with Crippen molar-refractivity contribution in [3.05, 3.63) is 52.6 Å². The van der Waals surface area contributed by atoms with E-state index in [1.807, 2.05) is 25.1 Å². The summed E-state index contributed by atoms with van der Waals surface area (Å²) in [6, 6.07) is 8.81. The molecule has 2 aromatic rings. The van der Waals surface area contributed by atoms with Crippen LogP contribution in [0.1, 0.15) is 65.0 Å². The number of hydrogen-bond donors (Lipinski definition) is 1. The minimum atomic E-state index is -0.756. The number of esters is 1. The lowest BCUT2D eigenvalue weighted by Crippen LogP contribution is -2.47. The van der Waals surface area contributed by atoms with Gasteiger partial charge in [-0.3, -0.25) is 19.2 Å². The lowest BCUT2D eigenvalue weighted by atomic mass is 9.86. The lowest BCUT2D eigenvalue weighted by molar-refractivity contribution is -0.149. The van der Waals surface area contributed by atoms with Crippen molar-refractivity contribution in [2.24, 2.45) is 0 Å². The molecule has 2 aromatic carbocycles. The number of ketones is 2. The van der Waals surface area contributed by atoms with Gasteiger partial charge in [0.2, 0.25) is 5.91 Å². The topological polar surface area (TPSA) is 128 Å². The monoisotopic (exact) mass is 536 g/mol. The average molecular weight is 537 g/mol. The van der Waals surface area contributed by atoms with Crippen LogP contribution in [0.5, 0.6) is 5.75 Å². The minimum absolute atomic E-state index is 0.137. The molecule has 10 nitrogen and oxygen atoms in total. The van der Waals surface area contributed by atoms with E-state index in [2.05, 4.69) is 10.1 Å². The third kappa shape index (κ3) is 6.27. The van der Waals surface area contributed by atoms with E-state index < -0.39 is 24.6 Å². The molecule has 1 heterocycles. The van der Waals surface area contributed by atoms with Gasteiger partial charge in [0, 0.05) is 29.2 Å². The first-order valence-electron chi connectivity index (χ1n) is 13.0. The maximum atomic E-state index is 12.8. The van der Waals surface area contributed by atoms with Crippen molar-refractivity contribution in [2.75, 3.05) is 26.8 Å². The Kier molecular flexibility index (Phi) is 8.63. The molecule has 0 bridgehead atoms. The van der Waals surface area contributed by atoms with Gasteiger partial charge in [0.05, 0.1) is 7.11 Å². The van der Waals surface area contributed by atoms with Crippen LogP contribution >= 0.6 is 0 Å². The third-order valence-corrected chi connectivity index (χ3v) is 7.13. The van der Waals surface area contributed by atoms with Crippen LogP contribution < -0.4 is 10.1 Å². The number of amides is 2. The van der Waals surface area contributed by atoms with Crippen LogP contribution in [0.15, 0.2) is 30.3 Å². The van der Waals surface area contributed by atoms with Gasteiger partial charge in [0.15, 0.2) is 18.2 Å². The first-order chi connectivity index (χ1) is 18.7. The van der Waals surface area contributed by atoms with E-state index in [1.165, 1.54) is 12.0 Å². The van der Waals surface area contributed by atoms with Gasteiger partial charge in [0.1, 0.15) is 25.4 Å². The average Bonchev–Trinajstić information content (AvgIpc) is 2.95. The largest absolute Gasteiger partial charge is 0.488 e. The van der Waals surface area contributed by atoms with Gasteiger partial charge in [-0.05, 0) is 61.1 Å². The van der Waals surface area contributed by atoms with Crippen molar-refractivity contribution >= 4 is 29.5 Å². The fourth-order valence-electron chi connectivity index (χ4n) is 4.75. The molecule has 0 unspecified atom stereocenters. The van der Waals surface area contributed by atoms with Crippen LogP contribution in [-0.2, 0) is 32.1 Å². The Labute approximate surface area is 226 Å². The number of nitrogens with zero attached hydrogens (tertiary/aromatic N) is 1. The van der Waals surface area contributed by atoms with Crippen LogP contribution in [0.4, 0.5) is 4.79 Å². The summed E-state index contributed by atoms with van der Waals surface area (Å²) in [7, 11) is 1.19. The highest BCUT2D eigenvalue weighted by atomic mass is 16.5. The molecule has 39 heavy (non-hydrogen) atoms. The van der Waals surface area contributed by atoms with Crippen LogP contribution in [0.2, 0.25) is 0 Å². The van der Waals surface area contributed by atoms with Crippen molar-refractivity contribution in [1.29, 1.82) is 0 Å². The molecule has 0 saturated carbocycles. The third-order valence-electron chi connectivity index (χ3n) is 7.13. The first kappa shape index (κ1) is 27.8. The van der Waals surface area contributed by atoms with Gasteiger partial charge >= 0.3 is 12.1 Å². The summed E-state index contributed by atoms with van der Waals surface area (Å²) in [5, 5.41) is 2.30. The number of hydrogen-bond acceptors (Lipinski definition) is 8. The number of alkyl carbamates (subject to hydrolysis) is 1. The van der Waals surface area contributed by atoms with Gasteiger partial charge < -0.3 is 24.4 Å². The SMILES string of the molecule is CC[C@H](C)N(CC(=O)OCC(=O)c1ccc2c(c1)COc1cc3c(cc1-2)CCCC3=O)C(=O)CNC(=O)OC. The van der Waals surface area contributed by atoms with Gasteiger partial charge in [-0.2, -0.15) is 0 Å². The van der Waals surface area contributed by atoms with E-state index in [4.69, 9.17) is 9.47 Å². The number of nitrogens with one attached hydrogen (secondary N) is 1. The molecule has 0 fully saturated rings. The quantitative estimate of drug-likeness (QED) is 0.381. The zero-order valence-corrected chi connectivity index (χ0v) is 22.3. The maximum Gasteiger partial charge on any atom is 0.407 e. The maximum absolute atomic E-state index is 12.8. The zero-order chi connectivity index (χ0) is 28.1. The molecule has 1 N–H and O–H groups in total. The molecule has 2 amide bonds. The summed E-state index contributed by atoms with van der Waals surface area (Å²) in [5.41, 5.74) is 4.78. The molecule has 0 aromatic heterocycles. The number of ether oxygens (including phenoxy) is 3. The number of aryl methyl sites for hydroxylation is 1. The van der Waals surface area contributed by atoms with Gasteiger partial charge in [-0.15, -0.1) is 0 Å². The number of fused-ring (bicyclic) bond motifs is 4. The predicted molar refractivity (Wildman–Crippen MR) is 141 cm³/mol. The highest BCUT2D eigenvalue weighted by Gasteiger charge is 2.26. The van der Waals surface area contributed by atoms with Gasteiger partial charge in [-0.25, -0.2) is 4.79 Å². The molecule has 0 radical (unpaired) electrons. The zero-order valence-electron chi connectivity index (χ0n) is 22.3. The van der Waals surface area contributed by atoms with Crippen LogP contribution in [0.25, 0.3) is 11.1 Å². The fraction of sp³-hybridized carbons (Fsp3) is 0.414. The molecule has 0 saturated heterocycles. The molecule has 1 aliphatic carbocycles. The van der Waals surface area contributed by atoms with E-state index in [-0.39, 0.29) is 37.3 Å². The molecule has 0 spiro atoms. The Balaban J connectivity index is 1.39. The van der Waals surface area contributed by atoms with Crippen LogP contribution in [-0.4, -0.2) is 67.3 Å². The second kappa shape index (κ2) is 12.1. The second-order valence-corrected chi connectivity index (χ2v) is 9.65. The van der Waals surface area contributed by atoms with E-state index in [0.29, 0.717) is 24.2 Å². The smallest absolute Gasteiger partial charge is 0.407 e. The normalized spacial score (nSPS) is 14.1. The molecule has 206 valence electrons. The van der Waals surface area contributed by atoms with E-state index >= 15 is 0 Å². The Morgan fingerprint density at radius 1 is 1.05 bits per heavy atom. The summed E-state index contributed by atoms with van der Waals surface area (Å²) >= 11 is 0. The van der Waals surface area contributed by atoms with Gasteiger partial charge in [-0.1, -0.05) is 19.1 Å². The van der Waals surface area contributed by atoms with Crippen molar-refractivity contribution in [3.8, 4) is 16.9 Å². The molecule has 1 aliphatic heterocycles. The van der Waals surface area contributed by atoms with Crippen molar-refractivity contribution < 1.29 is 38.2 Å². The van der Waals surface area contributed by atoms with E-state index in [1.54, 1.807) is 19.1 Å². The minimum Gasteiger partial charge on any atom is -0.488 e. The molecule has 2 aliphatic rings. The summed E-state index contributed by atoms with van der Waals surface area (Å²) in [6.45, 7) is 2.72. The Hall–Kier alpha value is -4.21. The predicted octanol–water partition coefficient (Wildman–Crippen LogP) is 3.47. The van der Waals surface area contributed by atoms with E-state index in [9.17, 15) is 24.0 Å². The number of rotatable bonds is 9. The number of carbonyl (C=O) groups excluding carboxylic acids is 5. The summed E-state index contributed by atoms with van der Waals surface area (Å²) in [6.07, 6.45) is 2.05. The molecular weight excluding hydrogens is 504 g/mol. The Morgan fingerprint density at radius 3 is 2.59 bits per heavy atom. The van der Waals surface area contributed by atoms with E-state index in [0.717, 1.165) is 40.7 Å². The Morgan fingerprint density at radius 2 is 1.85 bits per heavy atom. The number of methoxy groups -OCH3 is 1. The Bertz CT molecular complexity index is 1320.